The van der Waals surface area contributed by atoms with Crippen LogP contribution in [0.4, 0.5) is 0 Å². The maximum Gasteiger partial charge on any atom is 0.240 e. The Bertz CT molecular complexity index is 747. The number of hydrogen-bond donors (Lipinski definition) is 2. The molecule has 0 radical (unpaired) electrons. The van der Waals surface area contributed by atoms with Crippen LogP contribution < -0.4 is 15.2 Å². The van der Waals surface area contributed by atoms with E-state index in [1.165, 1.54) is 0 Å². The van der Waals surface area contributed by atoms with E-state index in [0.29, 0.717) is 18.9 Å². The molecule has 0 aliphatic rings. The third kappa shape index (κ3) is 8.12. The van der Waals surface area contributed by atoms with Gasteiger partial charge in [0.05, 0.1) is 4.90 Å². The van der Waals surface area contributed by atoms with E-state index in [2.05, 4.69) is 4.72 Å². The first-order valence-corrected chi connectivity index (χ1v) is 11.1. The van der Waals surface area contributed by atoms with Crippen molar-refractivity contribution in [1.29, 1.82) is 0 Å². The van der Waals surface area contributed by atoms with Gasteiger partial charge in [-0.1, -0.05) is 56.0 Å². The summed E-state index contributed by atoms with van der Waals surface area (Å²) in [5.74, 6) is 0.648. The number of benzene rings is 2. The number of nitrogens with two attached hydrogens (primary N) is 1. The Morgan fingerprint density at radius 2 is 1.44 bits per heavy atom. The monoisotopic (exact) mass is 390 g/mol. The molecule has 0 saturated carbocycles. The fourth-order valence-electron chi connectivity index (χ4n) is 2.72. The molecule has 27 heavy (non-hydrogen) atoms. The van der Waals surface area contributed by atoms with Crippen LogP contribution in [0.1, 0.15) is 44.1 Å². The Morgan fingerprint density at radius 1 is 0.815 bits per heavy atom. The van der Waals surface area contributed by atoms with Crippen LogP contribution in [0.25, 0.3) is 0 Å². The summed E-state index contributed by atoms with van der Waals surface area (Å²) in [7, 11) is -3.47. The standard InChI is InChI=1S/C21H30N2O3S/c22-16-8-3-1-2-4-9-17-23-27(24,25)21-14-12-20(13-15-21)26-18-19-10-6-5-7-11-19/h5-7,10-15,23H,1-4,8-9,16-18,22H2. The third-order valence-corrected chi connectivity index (χ3v) is 5.78. The maximum absolute atomic E-state index is 12.3. The number of hydrogen-bond acceptors (Lipinski definition) is 4. The number of ether oxygens (including phenoxy) is 1. The molecule has 2 aromatic carbocycles. The SMILES string of the molecule is NCCCCCCCCNS(=O)(=O)c1ccc(OCc2ccccc2)cc1. The van der Waals surface area contributed by atoms with Gasteiger partial charge in [-0.3, -0.25) is 0 Å². The minimum absolute atomic E-state index is 0.262. The Balaban J connectivity index is 1.72. The summed E-state index contributed by atoms with van der Waals surface area (Å²) in [4.78, 5) is 0.262. The van der Waals surface area contributed by atoms with Crippen LogP contribution in [0.3, 0.4) is 0 Å². The van der Waals surface area contributed by atoms with Crippen LogP contribution in [0.15, 0.2) is 59.5 Å². The van der Waals surface area contributed by atoms with Gasteiger partial charge in [0.25, 0.3) is 0 Å². The molecule has 0 spiro atoms. The van der Waals surface area contributed by atoms with E-state index in [9.17, 15) is 8.42 Å². The first-order chi connectivity index (χ1) is 13.1. The van der Waals surface area contributed by atoms with Crippen molar-refractivity contribution in [3.05, 3.63) is 60.2 Å². The lowest BCUT2D eigenvalue weighted by atomic mass is 10.1. The van der Waals surface area contributed by atoms with Crippen LogP contribution in [-0.4, -0.2) is 21.5 Å². The lowest BCUT2D eigenvalue weighted by Gasteiger charge is -2.09. The molecule has 5 nitrogen and oxygen atoms in total. The topological polar surface area (TPSA) is 81.4 Å². The van der Waals surface area contributed by atoms with Crippen LogP contribution in [0, 0.1) is 0 Å². The number of rotatable bonds is 13. The highest BCUT2D eigenvalue weighted by Crippen LogP contribution is 2.17. The van der Waals surface area contributed by atoms with Gasteiger partial charge < -0.3 is 10.5 Å². The first kappa shape index (κ1) is 21.4. The average Bonchev–Trinajstić information content (AvgIpc) is 2.69. The molecule has 0 saturated heterocycles. The van der Waals surface area contributed by atoms with E-state index < -0.39 is 10.0 Å². The summed E-state index contributed by atoms with van der Waals surface area (Å²) in [6.07, 6.45) is 6.38. The molecule has 0 fully saturated rings. The van der Waals surface area contributed by atoms with Crippen LogP contribution >= 0.6 is 0 Å². The largest absolute Gasteiger partial charge is 0.489 e. The molecular formula is C21H30N2O3S. The molecule has 0 aromatic heterocycles. The van der Waals surface area contributed by atoms with Crippen LogP contribution in [0.5, 0.6) is 5.75 Å². The van der Waals surface area contributed by atoms with Gasteiger partial charge in [-0.25, -0.2) is 13.1 Å². The fourth-order valence-corrected chi connectivity index (χ4v) is 3.80. The van der Waals surface area contributed by atoms with Crippen molar-refractivity contribution in [1.82, 2.24) is 4.72 Å². The predicted octanol–water partition coefficient (Wildman–Crippen LogP) is 3.84. The molecule has 0 aliphatic heterocycles. The highest BCUT2D eigenvalue weighted by molar-refractivity contribution is 7.89. The lowest BCUT2D eigenvalue weighted by Crippen LogP contribution is -2.24. The molecule has 0 amide bonds. The number of sulfonamides is 1. The smallest absolute Gasteiger partial charge is 0.240 e. The van der Waals surface area contributed by atoms with E-state index in [0.717, 1.165) is 50.6 Å². The van der Waals surface area contributed by atoms with Crippen molar-refractivity contribution in [2.75, 3.05) is 13.1 Å². The van der Waals surface area contributed by atoms with E-state index in [1.807, 2.05) is 30.3 Å². The zero-order valence-electron chi connectivity index (χ0n) is 15.8. The van der Waals surface area contributed by atoms with E-state index in [1.54, 1.807) is 24.3 Å². The molecule has 0 aliphatic carbocycles. The van der Waals surface area contributed by atoms with E-state index in [-0.39, 0.29) is 4.90 Å². The molecular weight excluding hydrogens is 360 g/mol. The lowest BCUT2D eigenvalue weighted by molar-refractivity contribution is 0.306. The van der Waals surface area contributed by atoms with Gasteiger partial charge >= 0.3 is 0 Å². The second-order valence-corrected chi connectivity index (χ2v) is 8.32. The highest BCUT2D eigenvalue weighted by Gasteiger charge is 2.13. The average molecular weight is 391 g/mol. The third-order valence-electron chi connectivity index (χ3n) is 4.31. The molecule has 3 N–H and O–H groups in total. The quantitative estimate of drug-likeness (QED) is 0.509. The van der Waals surface area contributed by atoms with Gasteiger partial charge in [0.15, 0.2) is 0 Å². The van der Waals surface area contributed by atoms with E-state index >= 15 is 0 Å². The normalized spacial score (nSPS) is 11.4. The highest BCUT2D eigenvalue weighted by atomic mass is 32.2. The Labute approximate surface area is 163 Å². The molecule has 2 aromatic rings. The minimum Gasteiger partial charge on any atom is -0.489 e. The van der Waals surface area contributed by atoms with Crippen molar-refractivity contribution in [2.45, 2.75) is 50.0 Å². The summed E-state index contributed by atoms with van der Waals surface area (Å²) in [6, 6.07) is 16.4. The second-order valence-electron chi connectivity index (χ2n) is 6.55. The summed E-state index contributed by atoms with van der Waals surface area (Å²) in [6.45, 7) is 1.66. The van der Waals surface area contributed by atoms with E-state index in [4.69, 9.17) is 10.5 Å². The maximum atomic E-state index is 12.3. The van der Waals surface area contributed by atoms with Gasteiger partial charge in [0.1, 0.15) is 12.4 Å². The molecule has 0 bridgehead atoms. The molecule has 6 heteroatoms. The first-order valence-electron chi connectivity index (χ1n) is 9.58. The van der Waals surface area contributed by atoms with Crippen molar-refractivity contribution in [3.8, 4) is 5.75 Å². The van der Waals surface area contributed by atoms with Gasteiger partial charge in [0.2, 0.25) is 10.0 Å². The molecule has 148 valence electrons. The molecule has 0 unspecified atom stereocenters. The summed E-state index contributed by atoms with van der Waals surface area (Å²) < 4.78 is 33.0. The molecule has 0 heterocycles. The van der Waals surface area contributed by atoms with Crippen LogP contribution in [0.2, 0.25) is 0 Å². The van der Waals surface area contributed by atoms with Gasteiger partial charge in [0, 0.05) is 6.54 Å². The van der Waals surface area contributed by atoms with Gasteiger partial charge in [-0.05, 0) is 49.2 Å². The second kappa shape index (κ2) is 11.7. The minimum atomic E-state index is -3.47. The van der Waals surface area contributed by atoms with Gasteiger partial charge in [-0.15, -0.1) is 0 Å². The Kier molecular flexibility index (Phi) is 9.31. The van der Waals surface area contributed by atoms with Crippen molar-refractivity contribution < 1.29 is 13.2 Å². The molecule has 0 atom stereocenters. The predicted molar refractivity (Wildman–Crippen MR) is 109 cm³/mol. The summed E-state index contributed by atoms with van der Waals surface area (Å²) in [5.41, 5.74) is 6.53. The van der Waals surface area contributed by atoms with Crippen molar-refractivity contribution in [3.63, 3.8) is 0 Å². The Morgan fingerprint density at radius 3 is 2.11 bits per heavy atom. The zero-order chi connectivity index (χ0) is 19.4. The Hall–Kier alpha value is -1.89. The number of nitrogens with one attached hydrogen (secondary N) is 1. The van der Waals surface area contributed by atoms with Crippen molar-refractivity contribution >= 4 is 10.0 Å². The number of unbranched alkanes of at least 4 members (excludes halogenated alkanes) is 5. The van der Waals surface area contributed by atoms with Crippen molar-refractivity contribution in [2.24, 2.45) is 5.73 Å². The molecule has 2 rings (SSSR count). The van der Waals surface area contributed by atoms with Gasteiger partial charge in [-0.2, -0.15) is 0 Å². The fraction of sp³-hybridized carbons (Fsp3) is 0.429. The summed E-state index contributed by atoms with van der Waals surface area (Å²) in [5, 5.41) is 0. The summed E-state index contributed by atoms with van der Waals surface area (Å²) >= 11 is 0. The van der Waals surface area contributed by atoms with Crippen LogP contribution in [-0.2, 0) is 16.6 Å². The zero-order valence-corrected chi connectivity index (χ0v) is 16.6.